The van der Waals surface area contributed by atoms with E-state index in [1.165, 1.54) is 0 Å². The van der Waals surface area contributed by atoms with Crippen LogP contribution in [0.25, 0.3) is 0 Å². The Hall–Kier alpha value is -2.20. The Morgan fingerprint density at radius 3 is 1.42 bits per heavy atom. The highest BCUT2D eigenvalue weighted by Gasteiger charge is 2.17. The minimum atomic E-state index is -1.15. The van der Waals surface area contributed by atoms with Crippen molar-refractivity contribution in [2.45, 2.75) is 25.7 Å². The van der Waals surface area contributed by atoms with Gasteiger partial charge in [0.15, 0.2) is 0 Å². The molecule has 0 saturated heterocycles. The van der Waals surface area contributed by atoms with Crippen molar-refractivity contribution >= 4 is 23.8 Å². The number of nitrogens with one attached hydrogen (secondary N) is 2. The van der Waals surface area contributed by atoms with E-state index in [-0.39, 0.29) is 38.1 Å². The topological polar surface area (TPSA) is 163 Å². The summed E-state index contributed by atoms with van der Waals surface area (Å²) in [6.07, 6.45) is 1.73. The van der Waals surface area contributed by atoms with Crippen LogP contribution in [0.4, 0.5) is 0 Å². The lowest BCUT2D eigenvalue weighted by atomic mass is 10.3. The number of hydrogen-bond donors (Lipinski definition) is 4. The summed E-state index contributed by atoms with van der Waals surface area (Å²) in [5.74, 6) is -2.71. The van der Waals surface area contributed by atoms with Gasteiger partial charge in [0.05, 0.1) is 13.1 Å². The summed E-state index contributed by atoms with van der Waals surface area (Å²) in [5.41, 5.74) is 10.5. The standard InChI is InChI=1S/C14H26N4O6/c15-5-1-3-11(19)17-7-9-23-13(21)14(22)24-10-8-18-12(20)4-2-6-16/h1-10,15-16H2,(H,17,19)(H,18,20). The van der Waals surface area contributed by atoms with Crippen LogP contribution in [0.15, 0.2) is 0 Å². The van der Waals surface area contributed by atoms with Crippen LogP contribution in [0, 0.1) is 0 Å². The first kappa shape index (κ1) is 21.8. The first-order chi connectivity index (χ1) is 11.5. The second kappa shape index (κ2) is 14.4. The normalized spacial score (nSPS) is 9.92. The molecule has 0 bridgehead atoms. The van der Waals surface area contributed by atoms with Crippen LogP contribution in [0.1, 0.15) is 25.7 Å². The Morgan fingerprint density at radius 2 is 1.08 bits per heavy atom. The van der Waals surface area contributed by atoms with Crippen LogP contribution in [0.3, 0.4) is 0 Å². The van der Waals surface area contributed by atoms with E-state index in [9.17, 15) is 19.2 Å². The number of hydrogen-bond acceptors (Lipinski definition) is 8. The molecule has 0 unspecified atom stereocenters. The second-order valence-electron chi connectivity index (χ2n) is 4.76. The Morgan fingerprint density at radius 1 is 0.708 bits per heavy atom. The smallest absolute Gasteiger partial charge is 0.417 e. The van der Waals surface area contributed by atoms with Gasteiger partial charge in [-0.05, 0) is 25.9 Å². The third kappa shape index (κ3) is 12.4. The molecule has 0 spiro atoms. The number of rotatable bonds is 12. The van der Waals surface area contributed by atoms with Crippen molar-refractivity contribution in [1.29, 1.82) is 0 Å². The maximum Gasteiger partial charge on any atom is 0.417 e. The quantitative estimate of drug-likeness (QED) is 0.175. The predicted molar refractivity (Wildman–Crippen MR) is 84.5 cm³/mol. The van der Waals surface area contributed by atoms with Crippen molar-refractivity contribution in [3.05, 3.63) is 0 Å². The van der Waals surface area contributed by atoms with E-state index in [1.807, 2.05) is 0 Å². The molecule has 0 aromatic carbocycles. The van der Waals surface area contributed by atoms with Crippen LogP contribution in [-0.2, 0) is 28.7 Å². The summed E-state index contributed by atoms with van der Waals surface area (Å²) < 4.78 is 9.27. The molecule has 10 heteroatoms. The zero-order valence-electron chi connectivity index (χ0n) is 13.7. The van der Waals surface area contributed by atoms with Gasteiger partial charge in [-0.15, -0.1) is 0 Å². The van der Waals surface area contributed by atoms with E-state index < -0.39 is 11.9 Å². The molecule has 0 aliphatic heterocycles. The number of esters is 2. The van der Waals surface area contributed by atoms with Gasteiger partial charge in [0.25, 0.3) is 0 Å². The number of ether oxygens (including phenoxy) is 2. The van der Waals surface area contributed by atoms with Gasteiger partial charge in [0.1, 0.15) is 13.2 Å². The van der Waals surface area contributed by atoms with Gasteiger partial charge in [0, 0.05) is 12.8 Å². The first-order valence-corrected chi connectivity index (χ1v) is 7.78. The van der Waals surface area contributed by atoms with Crippen LogP contribution in [0.5, 0.6) is 0 Å². The Labute approximate surface area is 140 Å². The van der Waals surface area contributed by atoms with Gasteiger partial charge in [-0.2, -0.15) is 0 Å². The molecule has 6 N–H and O–H groups in total. The van der Waals surface area contributed by atoms with Crippen LogP contribution < -0.4 is 22.1 Å². The molecule has 0 aliphatic carbocycles. The van der Waals surface area contributed by atoms with Crippen LogP contribution in [-0.4, -0.2) is 63.1 Å². The van der Waals surface area contributed by atoms with E-state index in [0.717, 1.165) is 0 Å². The van der Waals surface area contributed by atoms with Crippen molar-refractivity contribution in [2.75, 3.05) is 39.4 Å². The first-order valence-electron chi connectivity index (χ1n) is 7.78. The van der Waals surface area contributed by atoms with Gasteiger partial charge >= 0.3 is 11.9 Å². The van der Waals surface area contributed by atoms with Crippen molar-refractivity contribution in [3.63, 3.8) is 0 Å². The lowest BCUT2D eigenvalue weighted by Gasteiger charge is -2.07. The van der Waals surface area contributed by atoms with Gasteiger partial charge in [-0.1, -0.05) is 0 Å². The van der Waals surface area contributed by atoms with Gasteiger partial charge < -0.3 is 31.6 Å². The number of amides is 2. The number of nitrogens with two attached hydrogens (primary N) is 2. The van der Waals surface area contributed by atoms with E-state index >= 15 is 0 Å². The SMILES string of the molecule is NCCCC(=O)NCCOC(=O)C(=O)OCCNC(=O)CCCN. The molecule has 138 valence electrons. The zero-order valence-corrected chi connectivity index (χ0v) is 13.7. The lowest BCUT2D eigenvalue weighted by Crippen LogP contribution is -2.31. The summed E-state index contributed by atoms with van der Waals surface area (Å²) >= 11 is 0. The molecule has 0 radical (unpaired) electrons. The molecular formula is C14H26N4O6. The zero-order chi connectivity index (χ0) is 18.2. The Bertz CT molecular complexity index is 378. The molecule has 0 rings (SSSR count). The van der Waals surface area contributed by atoms with Crippen molar-refractivity contribution in [2.24, 2.45) is 11.5 Å². The average Bonchev–Trinajstić information content (AvgIpc) is 2.58. The molecule has 0 fully saturated rings. The minimum Gasteiger partial charge on any atom is -0.455 e. The van der Waals surface area contributed by atoms with E-state index in [2.05, 4.69) is 20.1 Å². The summed E-state index contributed by atoms with van der Waals surface area (Å²) in [5, 5.41) is 5.03. The summed E-state index contributed by atoms with van der Waals surface area (Å²) in [4.78, 5) is 45.1. The van der Waals surface area contributed by atoms with Gasteiger partial charge in [0.2, 0.25) is 11.8 Å². The molecule has 0 atom stereocenters. The van der Waals surface area contributed by atoms with Crippen molar-refractivity contribution < 1.29 is 28.7 Å². The van der Waals surface area contributed by atoms with Crippen LogP contribution >= 0.6 is 0 Å². The molecule has 0 aliphatic rings. The average molecular weight is 346 g/mol. The Balaban J connectivity index is 3.64. The summed E-state index contributed by atoms with van der Waals surface area (Å²) in [6.45, 7) is 0.749. The fourth-order valence-corrected chi connectivity index (χ4v) is 1.49. The fourth-order valence-electron chi connectivity index (χ4n) is 1.49. The van der Waals surface area contributed by atoms with Crippen molar-refractivity contribution in [1.82, 2.24) is 10.6 Å². The fraction of sp³-hybridized carbons (Fsp3) is 0.714. The highest BCUT2D eigenvalue weighted by Crippen LogP contribution is 1.88. The molecule has 0 saturated carbocycles. The maximum absolute atomic E-state index is 11.3. The molecular weight excluding hydrogens is 320 g/mol. The third-order valence-corrected chi connectivity index (χ3v) is 2.70. The van der Waals surface area contributed by atoms with E-state index in [4.69, 9.17) is 11.5 Å². The monoisotopic (exact) mass is 346 g/mol. The summed E-state index contributed by atoms with van der Waals surface area (Å²) in [7, 11) is 0. The largest absolute Gasteiger partial charge is 0.455 e. The molecule has 0 aromatic heterocycles. The summed E-state index contributed by atoms with van der Waals surface area (Å²) in [6, 6.07) is 0. The highest BCUT2D eigenvalue weighted by molar-refractivity contribution is 6.29. The lowest BCUT2D eigenvalue weighted by molar-refractivity contribution is -0.167. The van der Waals surface area contributed by atoms with E-state index in [1.54, 1.807) is 0 Å². The molecule has 24 heavy (non-hydrogen) atoms. The highest BCUT2D eigenvalue weighted by atomic mass is 16.6. The van der Waals surface area contributed by atoms with Crippen molar-refractivity contribution in [3.8, 4) is 0 Å². The number of carbonyl (C=O) groups is 4. The minimum absolute atomic E-state index is 0.0969. The maximum atomic E-state index is 11.3. The predicted octanol–water partition coefficient (Wildman–Crippen LogP) is -2.22. The second-order valence-corrected chi connectivity index (χ2v) is 4.76. The third-order valence-electron chi connectivity index (χ3n) is 2.70. The molecule has 0 aromatic rings. The Kier molecular flexibility index (Phi) is 13.1. The van der Waals surface area contributed by atoms with Crippen LogP contribution in [0.2, 0.25) is 0 Å². The van der Waals surface area contributed by atoms with Gasteiger partial charge in [-0.25, -0.2) is 9.59 Å². The molecule has 10 nitrogen and oxygen atoms in total. The molecule has 0 heterocycles. The van der Waals surface area contributed by atoms with Gasteiger partial charge in [-0.3, -0.25) is 9.59 Å². The number of carbonyl (C=O) groups excluding carboxylic acids is 4. The van der Waals surface area contributed by atoms with E-state index in [0.29, 0.717) is 38.8 Å². The molecule has 2 amide bonds.